The summed E-state index contributed by atoms with van der Waals surface area (Å²) in [5.41, 5.74) is -0.629. The molecular weight excluding hydrogens is 263 g/mol. The summed E-state index contributed by atoms with van der Waals surface area (Å²) in [6.45, 7) is 6.02. The van der Waals surface area contributed by atoms with Crippen LogP contribution in [0.2, 0.25) is 0 Å². The van der Waals surface area contributed by atoms with Gasteiger partial charge in [-0.3, -0.25) is 0 Å². The van der Waals surface area contributed by atoms with Crippen LogP contribution in [0.1, 0.15) is 46.5 Å². The molecule has 8 atom stereocenters. The maximum Gasteiger partial charge on any atom is 0.204 e. The molecule has 0 aromatic carbocycles. The molecule has 0 aromatic heterocycles. The largest absolute Gasteiger partial charge is 0.315 e. The monoisotopic (exact) mass is 286 g/mol. The van der Waals surface area contributed by atoms with Crippen molar-refractivity contribution in [2.45, 2.75) is 70.5 Å². The van der Waals surface area contributed by atoms with Gasteiger partial charge in [0.2, 0.25) is 12.1 Å². The summed E-state index contributed by atoms with van der Waals surface area (Å²) in [5.74, 6) is -0.0624. The predicted octanol–water partition coefficient (Wildman–Crippen LogP) is 3.16. The fourth-order valence-electron chi connectivity index (χ4n) is 4.86. The fraction of sp³-hybridized carbons (Fsp3) is 1.00. The van der Waals surface area contributed by atoms with Gasteiger partial charge in [0.15, 0.2) is 11.9 Å². The zero-order valence-corrected chi connectivity index (χ0v) is 12.3. The maximum absolute atomic E-state index is 14.2. The lowest BCUT2D eigenvalue weighted by molar-refractivity contribution is -0.574. The third-order valence-electron chi connectivity index (χ3n) is 6.08. The van der Waals surface area contributed by atoms with Crippen LogP contribution in [-0.2, 0) is 19.2 Å². The second-order valence-electron chi connectivity index (χ2n) is 7.26. The van der Waals surface area contributed by atoms with Gasteiger partial charge in [-0.2, -0.15) is 0 Å². The molecule has 20 heavy (non-hydrogen) atoms. The van der Waals surface area contributed by atoms with Crippen LogP contribution in [0.5, 0.6) is 0 Å². The molecule has 4 heterocycles. The Balaban J connectivity index is 1.82. The number of rotatable bonds is 0. The van der Waals surface area contributed by atoms with Gasteiger partial charge in [0.25, 0.3) is 0 Å². The van der Waals surface area contributed by atoms with Gasteiger partial charge in [0.05, 0.1) is 0 Å². The number of fused-ring (bicyclic) bond motifs is 2. The third-order valence-corrected chi connectivity index (χ3v) is 6.08. The summed E-state index contributed by atoms with van der Waals surface area (Å²) >= 11 is 0. The van der Waals surface area contributed by atoms with Crippen molar-refractivity contribution in [3.63, 3.8) is 0 Å². The molecule has 5 fully saturated rings. The minimum absolute atomic E-state index is 0.0973. The molecule has 2 unspecified atom stereocenters. The van der Waals surface area contributed by atoms with Gasteiger partial charge in [-0.25, -0.2) is 14.2 Å². The Morgan fingerprint density at radius 2 is 1.85 bits per heavy atom. The average molecular weight is 286 g/mol. The van der Waals surface area contributed by atoms with E-state index in [4.69, 9.17) is 19.2 Å². The first-order valence-corrected chi connectivity index (χ1v) is 7.80. The van der Waals surface area contributed by atoms with Gasteiger partial charge in [-0.1, -0.05) is 13.8 Å². The Bertz CT molecular complexity index is 415. The smallest absolute Gasteiger partial charge is 0.204 e. The normalized spacial score (nSPS) is 61.8. The van der Waals surface area contributed by atoms with Crippen LogP contribution in [-0.4, -0.2) is 24.0 Å². The summed E-state index contributed by atoms with van der Waals surface area (Å²) in [5, 5.41) is 0. The van der Waals surface area contributed by atoms with Gasteiger partial charge >= 0.3 is 0 Å². The van der Waals surface area contributed by atoms with E-state index in [2.05, 4.69) is 6.92 Å². The molecule has 0 aromatic rings. The summed E-state index contributed by atoms with van der Waals surface area (Å²) in [6, 6.07) is 0. The van der Waals surface area contributed by atoms with Crippen molar-refractivity contribution in [3.05, 3.63) is 0 Å². The molecule has 1 aliphatic carbocycles. The lowest BCUT2D eigenvalue weighted by atomic mass is 9.58. The van der Waals surface area contributed by atoms with Crippen molar-refractivity contribution in [1.29, 1.82) is 0 Å². The minimum atomic E-state index is -1.28. The molecule has 114 valence electrons. The van der Waals surface area contributed by atoms with E-state index in [1.54, 1.807) is 0 Å². The Kier molecular flexibility index (Phi) is 2.79. The standard InChI is InChI=1S/C15H23FO4/c1-8-4-5-11-9(2)12(16)17-13-15(11)10(8)6-7-14(3,18-13)19-20-15/h8-13H,4-7H2,1-3H3/t8-,9-,10?,11+,12+,13-,14?,15-/m1/s1. The maximum atomic E-state index is 14.2. The Morgan fingerprint density at radius 3 is 2.65 bits per heavy atom. The van der Waals surface area contributed by atoms with Crippen LogP contribution < -0.4 is 0 Å². The summed E-state index contributed by atoms with van der Waals surface area (Å²) < 4.78 is 25.8. The zero-order chi connectivity index (χ0) is 14.1. The summed E-state index contributed by atoms with van der Waals surface area (Å²) in [4.78, 5) is 11.5. The SMILES string of the molecule is C[C@H]1[C@@H](F)O[C@@H]2OC3(C)CCC4[C@H](C)CC[C@@H]1[C@]42OO3. The minimum Gasteiger partial charge on any atom is -0.315 e. The molecular formula is C15H23FO4. The molecule has 4 saturated heterocycles. The van der Waals surface area contributed by atoms with Crippen LogP contribution in [0.4, 0.5) is 4.39 Å². The highest BCUT2D eigenvalue weighted by Gasteiger charge is 2.69. The van der Waals surface area contributed by atoms with Crippen molar-refractivity contribution in [1.82, 2.24) is 0 Å². The molecule has 1 saturated carbocycles. The number of ether oxygens (including phenoxy) is 2. The third kappa shape index (κ3) is 1.55. The first-order chi connectivity index (χ1) is 9.46. The van der Waals surface area contributed by atoms with Crippen LogP contribution in [0, 0.1) is 23.7 Å². The molecule has 4 aliphatic heterocycles. The first kappa shape index (κ1) is 13.4. The zero-order valence-electron chi connectivity index (χ0n) is 12.3. The molecule has 4 nitrogen and oxygen atoms in total. The second kappa shape index (κ2) is 4.15. The summed E-state index contributed by atoms with van der Waals surface area (Å²) in [7, 11) is 0. The highest BCUT2D eigenvalue weighted by Crippen LogP contribution is 2.60. The molecule has 2 bridgehead atoms. The first-order valence-electron chi connectivity index (χ1n) is 7.80. The lowest BCUT2D eigenvalue weighted by Gasteiger charge is -2.59. The van der Waals surface area contributed by atoms with Crippen molar-refractivity contribution < 1.29 is 23.6 Å². The van der Waals surface area contributed by atoms with E-state index in [0.717, 1.165) is 25.7 Å². The number of halogens is 1. The summed E-state index contributed by atoms with van der Waals surface area (Å²) in [6.07, 6.45) is 1.88. The predicted molar refractivity (Wildman–Crippen MR) is 67.9 cm³/mol. The van der Waals surface area contributed by atoms with Crippen LogP contribution in [0.15, 0.2) is 0 Å². The lowest BCUT2D eigenvalue weighted by Crippen LogP contribution is -2.69. The van der Waals surface area contributed by atoms with Crippen LogP contribution in [0.25, 0.3) is 0 Å². The Morgan fingerprint density at radius 1 is 1.05 bits per heavy atom. The van der Waals surface area contributed by atoms with E-state index in [1.165, 1.54) is 0 Å². The van der Waals surface area contributed by atoms with Crippen molar-refractivity contribution in [3.8, 4) is 0 Å². The van der Waals surface area contributed by atoms with E-state index >= 15 is 0 Å². The Hall–Kier alpha value is -0.230. The van der Waals surface area contributed by atoms with Gasteiger partial charge < -0.3 is 9.47 Å². The van der Waals surface area contributed by atoms with E-state index in [9.17, 15) is 4.39 Å². The van der Waals surface area contributed by atoms with Gasteiger partial charge in [-0.15, -0.1) is 0 Å². The van der Waals surface area contributed by atoms with E-state index in [1.807, 2.05) is 13.8 Å². The molecule has 0 radical (unpaired) electrons. The molecule has 5 heteroatoms. The quantitative estimate of drug-likeness (QED) is 0.641. The van der Waals surface area contributed by atoms with Gasteiger partial charge in [0, 0.05) is 18.3 Å². The molecule has 5 rings (SSSR count). The molecule has 0 amide bonds. The topological polar surface area (TPSA) is 36.9 Å². The number of alkyl halides is 1. The highest BCUT2D eigenvalue weighted by molar-refractivity contribution is 5.08. The van der Waals surface area contributed by atoms with E-state index in [0.29, 0.717) is 11.8 Å². The van der Waals surface area contributed by atoms with E-state index in [-0.39, 0.29) is 11.8 Å². The Labute approximate surface area is 118 Å². The molecule has 5 aliphatic rings. The van der Waals surface area contributed by atoms with Crippen molar-refractivity contribution in [2.75, 3.05) is 0 Å². The average Bonchev–Trinajstić information content (AvgIpc) is 2.63. The second-order valence-corrected chi connectivity index (χ2v) is 7.26. The number of hydrogen-bond acceptors (Lipinski definition) is 4. The van der Waals surface area contributed by atoms with Gasteiger partial charge in [-0.05, 0) is 38.0 Å². The van der Waals surface area contributed by atoms with E-state index < -0.39 is 24.0 Å². The highest BCUT2D eigenvalue weighted by atomic mass is 19.1. The molecule has 1 spiro atoms. The molecule has 0 N–H and O–H groups in total. The van der Waals surface area contributed by atoms with Gasteiger partial charge in [0.1, 0.15) is 0 Å². The number of hydrogen-bond donors (Lipinski definition) is 0. The fourth-order valence-corrected chi connectivity index (χ4v) is 4.86. The van der Waals surface area contributed by atoms with Crippen molar-refractivity contribution >= 4 is 0 Å². The van der Waals surface area contributed by atoms with Crippen LogP contribution in [0.3, 0.4) is 0 Å². The van der Waals surface area contributed by atoms with Crippen LogP contribution >= 0.6 is 0 Å². The van der Waals surface area contributed by atoms with Crippen molar-refractivity contribution in [2.24, 2.45) is 23.7 Å².